The van der Waals surface area contributed by atoms with Crippen LogP contribution in [0.25, 0.3) is 0 Å². The molecular weight excluding hydrogens is 245 g/mol. The van der Waals surface area contributed by atoms with E-state index in [0.717, 1.165) is 6.07 Å². The zero-order chi connectivity index (χ0) is 13.0. The Kier molecular flexibility index (Phi) is 4.57. The molecule has 1 aromatic rings. The lowest BCUT2D eigenvalue weighted by Crippen LogP contribution is -2.24. The molecule has 0 bridgehead atoms. The molecule has 17 heavy (non-hydrogen) atoms. The van der Waals surface area contributed by atoms with Gasteiger partial charge in [-0.2, -0.15) is 0 Å². The van der Waals surface area contributed by atoms with Crippen molar-refractivity contribution in [3.05, 3.63) is 23.0 Å². The number of amides is 1. The van der Waals surface area contributed by atoms with Crippen molar-refractivity contribution in [3.63, 3.8) is 0 Å². The number of carbonyl (C=O) groups excluding carboxylic acids is 1. The third-order valence-corrected chi connectivity index (χ3v) is 2.54. The Morgan fingerprint density at radius 1 is 1.53 bits per heavy atom. The van der Waals surface area contributed by atoms with Gasteiger partial charge in [0.25, 0.3) is 0 Å². The number of nitrogens with one attached hydrogen (secondary N) is 1. The number of nitrogens with two attached hydrogens (primary N) is 1. The van der Waals surface area contributed by atoms with Crippen LogP contribution in [0.4, 0.5) is 15.8 Å². The van der Waals surface area contributed by atoms with Crippen LogP contribution in [0.5, 0.6) is 0 Å². The van der Waals surface area contributed by atoms with Gasteiger partial charge in [-0.25, -0.2) is 4.39 Å². The van der Waals surface area contributed by atoms with Crippen molar-refractivity contribution in [3.8, 4) is 0 Å². The molecule has 0 saturated heterocycles. The number of anilines is 2. The Bertz CT molecular complexity index is 423. The van der Waals surface area contributed by atoms with E-state index in [9.17, 15) is 9.18 Å². The maximum Gasteiger partial charge on any atom is 0.223 e. The van der Waals surface area contributed by atoms with Gasteiger partial charge in [-0.15, -0.1) is 0 Å². The second-order valence-corrected chi connectivity index (χ2v) is 4.23. The van der Waals surface area contributed by atoms with E-state index in [-0.39, 0.29) is 16.6 Å². The molecule has 1 aromatic carbocycles. The maximum atomic E-state index is 13.0. The number of hydrogen-bond acceptors (Lipinski definition) is 3. The van der Waals surface area contributed by atoms with Gasteiger partial charge in [0.2, 0.25) is 5.91 Å². The van der Waals surface area contributed by atoms with E-state index in [4.69, 9.17) is 17.3 Å². The van der Waals surface area contributed by atoms with Gasteiger partial charge in [-0.3, -0.25) is 4.79 Å². The Hall–Kier alpha value is -1.49. The highest BCUT2D eigenvalue weighted by Gasteiger charge is 2.07. The summed E-state index contributed by atoms with van der Waals surface area (Å²) in [6.07, 6.45) is 0.335. The summed E-state index contributed by atoms with van der Waals surface area (Å²) in [4.78, 5) is 12.8. The first-order valence-electron chi connectivity index (χ1n) is 5.10. The first-order valence-corrected chi connectivity index (χ1v) is 5.48. The Labute approximate surface area is 105 Å². The lowest BCUT2D eigenvalue weighted by molar-refractivity contribution is -0.128. The van der Waals surface area contributed by atoms with Crippen LogP contribution in [0.3, 0.4) is 0 Å². The molecule has 0 fully saturated rings. The second-order valence-electron chi connectivity index (χ2n) is 3.82. The van der Waals surface area contributed by atoms with Crippen LogP contribution in [-0.4, -0.2) is 31.4 Å². The standard InChI is InChI=1S/C11H15ClFN3O/c1-16(2)11(17)3-4-15-10-5-7(12)8(13)6-9(10)14/h5-6,15H,3-4,14H2,1-2H3. The minimum absolute atomic E-state index is 0.000589. The SMILES string of the molecule is CN(C)C(=O)CCNc1cc(Cl)c(F)cc1N. The van der Waals surface area contributed by atoms with Crippen molar-refractivity contribution in [2.75, 3.05) is 31.7 Å². The molecular formula is C11H15ClFN3O. The molecule has 0 saturated carbocycles. The number of benzene rings is 1. The topological polar surface area (TPSA) is 58.4 Å². The van der Waals surface area contributed by atoms with Gasteiger partial charge in [-0.1, -0.05) is 11.6 Å². The Morgan fingerprint density at radius 2 is 2.18 bits per heavy atom. The van der Waals surface area contributed by atoms with Crippen LogP contribution in [0.15, 0.2) is 12.1 Å². The fourth-order valence-electron chi connectivity index (χ4n) is 1.24. The molecule has 0 heterocycles. The van der Waals surface area contributed by atoms with Crippen molar-refractivity contribution < 1.29 is 9.18 Å². The van der Waals surface area contributed by atoms with E-state index in [1.165, 1.54) is 11.0 Å². The van der Waals surface area contributed by atoms with E-state index < -0.39 is 5.82 Å². The summed E-state index contributed by atoms with van der Waals surface area (Å²) in [5.41, 5.74) is 6.41. The summed E-state index contributed by atoms with van der Waals surface area (Å²) in [5, 5.41) is 2.94. The molecule has 0 aliphatic carbocycles. The highest BCUT2D eigenvalue weighted by Crippen LogP contribution is 2.26. The van der Waals surface area contributed by atoms with Crippen molar-refractivity contribution in [1.29, 1.82) is 0 Å². The predicted molar refractivity (Wildman–Crippen MR) is 67.6 cm³/mol. The van der Waals surface area contributed by atoms with Crippen molar-refractivity contribution in [2.24, 2.45) is 0 Å². The zero-order valence-corrected chi connectivity index (χ0v) is 10.5. The van der Waals surface area contributed by atoms with Crippen LogP contribution in [0.2, 0.25) is 5.02 Å². The van der Waals surface area contributed by atoms with E-state index in [0.29, 0.717) is 18.7 Å². The summed E-state index contributed by atoms with van der Waals surface area (Å²) < 4.78 is 13.0. The Balaban J connectivity index is 2.58. The van der Waals surface area contributed by atoms with Gasteiger partial charge in [0.05, 0.1) is 16.4 Å². The monoisotopic (exact) mass is 259 g/mol. The minimum atomic E-state index is -0.556. The minimum Gasteiger partial charge on any atom is -0.397 e. The van der Waals surface area contributed by atoms with Crippen LogP contribution >= 0.6 is 11.6 Å². The highest BCUT2D eigenvalue weighted by molar-refractivity contribution is 6.31. The Morgan fingerprint density at radius 3 is 2.76 bits per heavy atom. The average molecular weight is 260 g/mol. The van der Waals surface area contributed by atoms with Crippen molar-refractivity contribution in [2.45, 2.75) is 6.42 Å². The van der Waals surface area contributed by atoms with Gasteiger partial charge in [0.1, 0.15) is 5.82 Å². The van der Waals surface area contributed by atoms with E-state index in [1.54, 1.807) is 14.1 Å². The lowest BCUT2D eigenvalue weighted by atomic mass is 10.2. The van der Waals surface area contributed by atoms with Crippen LogP contribution < -0.4 is 11.1 Å². The lowest BCUT2D eigenvalue weighted by Gasteiger charge is -2.12. The first-order chi connectivity index (χ1) is 7.91. The van der Waals surface area contributed by atoms with Gasteiger partial charge in [-0.05, 0) is 6.07 Å². The van der Waals surface area contributed by atoms with Crippen LogP contribution in [0, 0.1) is 5.82 Å². The van der Waals surface area contributed by atoms with Gasteiger partial charge in [0, 0.05) is 33.1 Å². The summed E-state index contributed by atoms with van der Waals surface area (Å²) >= 11 is 5.63. The molecule has 0 atom stereocenters. The van der Waals surface area contributed by atoms with Gasteiger partial charge in [0.15, 0.2) is 0 Å². The van der Waals surface area contributed by atoms with Crippen molar-refractivity contribution in [1.82, 2.24) is 4.90 Å². The summed E-state index contributed by atoms with van der Waals surface area (Å²) in [5.74, 6) is -0.552. The number of nitrogens with zero attached hydrogens (tertiary/aromatic N) is 1. The number of hydrogen-bond donors (Lipinski definition) is 2. The maximum absolute atomic E-state index is 13.0. The summed E-state index contributed by atoms with van der Waals surface area (Å²) in [7, 11) is 3.37. The molecule has 1 amide bonds. The molecule has 6 heteroatoms. The number of nitrogen functional groups attached to an aromatic ring is 1. The molecule has 0 radical (unpaired) electrons. The average Bonchev–Trinajstić information content (AvgIpc) is 2.25. The quantitative estimate of drug-likeness (QED) is 0.813. The molecule has 0 aromatic heterocycles. The molecule has 3 N–H and O–H groups in total. The molecule has 94 valence electrons. The molecule has 4 nitrogen and oxygen atoms in total. The molecule has 0 spiro atoms. The largest absolute Gasteiger partial charge is 0.397 e. The van der Waals surface area contributed by atoms with Gasteiger partial charge >= 0.3 is 0 Å². The summed E-state index contributed by atoms with van der Waals surface area (Å²) in [6.45, 7) is 0.420. The van der Waals surface area contributed by atoms with E-state index >= 15 is 0 Å². The van der Waals surface area contributed by atoms with E-state index in [2.05, 4.69) is 5.32 Å². The smallest absolute Gasteiger partial charge is 0.223 e. The second kappa shape index (κ2) is 5.72. The van der Waals surface area contributed by atoms with Gasteiger partial charge < -0.3 is 16.0 Å². The predicted octanol–water partition coefficient (Wildman–Crippen LogP) is 1.95. The highest BCUT2D eigenvalue weighted by atomic mass is 35.5. The zero-order valence-electron chi connectivity index (χ0n) is 9.76. The third kappa shape index (κ3) is 3.78. The van der Waals surface area contributed by atoms with Crippen molar-refractivity contribution >= 4 is 28.9 Å². The fraction of sp³-hybridized carbons (Fsp3) is 0.364. The molecule has 0 unspecified atom stereocenters. The molecule has 1 rings (SSSR count). The first kappa shape index (κ1) is 13.6. The van der Waals surface area contributed by atoms with Crippen LogP contribution in [-0.2, 0) is 4.79 Å². The third-order valence-electron chi connectivity index (χ3n) is 2.25. The number of rotatable bonds is 4. The summed E-state index contributed by atoms with van der Waals surface area (Å²) in [6, 6.07) is 2.56. The molecule has 0 aliphatic rings. The number of halogens is 2. The molecule has 0 aliphatic heterocycles. The fourth-order valence-corrected chi connectivity index (χ4v) is 1.41. The number of carbonyl (C=O) groups is 1. The van der Waals surface area contributed by atoms with Crippen LogP contribution in [0.1, 0.15) is 6.42 Å². The normalized spacial score (nSPS) is 10.1. The van der Waals surface area contributed by atoms with E-state index in [1.807, 2.05) is 0 Å².